The predicted molar refractivity (Wildman–Crippen MR) is 84.9 cm³/mol. The molecule has 0 aliphatic heterocycles. The van der Waals surface area contributed by atoms with Gasteiger partial charge in [0.1, 0.15) is 0 Å². The number of carbonyl (C=O) groups is 2. The number of hydrogen-bond acceptors (Lipinski definition) is 2. The summed E-state index contributed by atoms with van der Waals surface area (Å²) in [6, 6.07) is 16.8. The molecule has 0 atom stereocenters. The molecule has 3 nitrogen and oxygen atoms in total. The molecule has 106 valence electrons. The SMILES string of the molecule is CC(=O)/C(=C/c1ccccc1)C(=O)Nc1cccc(C)c1. The number of aryl methyl sites for hydroxylation is 1. The molecule has 0 aromatic heterocycles. The van der Waals surface area contributed by atoms with Crippen LogP contribution in [0.3, 0.4) is 0 Å². The second-order valence-corrected chi connectivity index (χ2v) is 4.85. The van der Waals surface area contributed by atoms with E-state index in [-0.39, 0.29) is 11.4 Å². The van der Waals surface area contributed by atoms with Crippen LogP contribution in [0.4, 0.5) is 5.69 Å². The van der Waals surface area contributed by atoms with Crippen molar-refractivity contribution in [3.63, 3.8) is 0 Å². The van der Waals surface area contributed by atoms with Gasteiger partial charge in [0.2, 0.25) is 0 Å². The Morgan fingerprint density at radius 2 is 1.71 bits per heavy atom. The molecule has 0 saturated carbocycles. The first-order valence-corrected chi connectivity index (χ1v) is 6.72. The summed E-state index contributed by atoms with van der Waals surface area (Å²) in [5.74, 6) is -0.652. The van der Waals surface area contributed by atoms with Crippen molar-refractivity contribution >= 4 is 23.5 Å². The molecule has 21 heavy (non-hydrogen) atoms. The largest absolute Gasteiger partial charge is 0.322 e. The summed E-state index contributed by atoms with van der Waals surface area (Å²) in [6.07, 6.45) is 1.60. The number of hydrogen-bond donors (Lipinski definition) is 1. The monoisotopic (exact) mass is 279 g/mol. The Bertz CT molecular complexity index is 687. The van der Waals surface area contributed by atoms with E-state index in [1.807, 2.05) is 55.5 Å². The Hall–Kier alpha value is -2.68. The van der Waals surface area contributed by atoms with Crippen LogP contribution in [0, 0.1) is 6.92 Å². The topological polar surface area (TPSA) is 46.2 Å². The number of nitrogens with one attached hydrogen (secondary N) is 1. The fourth-order valence-electron chi connectivity index (χ4n) is 1.96. The Balaban J connectivity index is 2.25. The highest BCUT2D eigenvalue weighted by Gasteiger charge is 2.14. The van der Waals surface area contributed by atoms with Gasteiger partial charge in [-0.3, -0.25) is 9.59 Å². The van der Waals surface area contributed by atoms with Crippen molar-refractivity contribution in [1.82, 2.24) is 0 Å². The standard InChI is InChI=1S/C18H17NO2/c1-13-7-6-10-16(11-13)19-18(21)17(14(2)20)12-15-8-4-3-5-9-15/h3-12H,1-2H3,(H,19,21)/b17-12-. The number of ketones is 1. The molecule has 1 N–H and O–H groups in total. The van der Waals surface area contributed by atoms with Crippen LogP contribution in [0.2, 0.25) is 0 Å². The highest BCUT2D eigenvalue weighted by atomic mass is 16.2. The summed E-state index contributed by atoms with van der Waals surface area (Å²) in [5.41, 5.74) is 2.69. The van der Waals surface area contributed by atoms with E-state index < -0.39 is 5.91 Å². The van der Waals surface area contributed by atoms with Crippen molar-refractivity contribution < 1.29 is 9.59 Å². The first-order chi connectivity index (χ1) is 10.1. The van der Waals surface area contributed by atoms with Crippen molar-refractivity contribution in [3.05, 3.63) is 71.3 Å². The highest BCUT2D eigenvalue weighted by Crippen LogP contribution is 2.13. The third kappa shape index (κ3) is 4.14. The molecule has 0 saturated heterocycles. The second kappa shape index (κ2) is 6.66. The van der Waals surface area contributed by atoms with E-state index in [1.54, 1.807) is 12.1 Å². The van der Waals surface area contributed by atoms with Gasteiger partial charge in [-0.25, -0.2) is 0 Å². The molecule has 0 unspecified atom stereocenters. The Morgan fingerprint density at radius 3 is 2.33 bits per heavy atom. The molecule has 1 amide bonds. The summed E-state index contributed by atoms with van der Waals surface area (Å²) < 4.78 is 0. The van der Waals surface area contributed by atoms with Crippen LogP contribution < -0.4 is 5.32 Å². The Morgan fingerprint density at radius 1 is 1.00 bits per heavy atom. The minimum Gasteiger partial charge on any atom is -0.322 e. The van der Waals surface area contributed by atoms with Crippen LogP contribution in [0.25, 0.3) is 6.08 Å². The average molecular weight is 279 g/mol. The Labute approximate surface area is 124 Å². The van der Waals surface area contributed by atoms with Crippen LogP contribution in [-0.4, -0.2) is 11.7 Å². The van der Waals surface area contributed by atoms with Crippen molar-refractivity contribution in [1.29, 1.82) is 0 Å². The van der Waals surface area contributed by atoms with Crippen LogP contribution in [0.1, 0.15) is 18.1 Å². The number of anilines is 1. The maximum Gasteiger partial charge on any atom is 0.259 e. The van der Waals surface area contributed by atoms with Crippen LogP contribution in [-0.2, 0) is 9.59 Å². The average Bonchev–Trinajstić information content (AvgIpc) is 2.45. The maximum atomic E-state index is 12.3. The van der Waals surface area contributed by atoms with Crippen molar-refractivity contribution in [2.75, 3.05) is 5.32 Å². The first kappa shape index (κ1) is 14.7. The van der Waals surface area contributed by atoms with E-state index in [0.717, 1.165) is 11.1 Å². The van der Waals surface area contributed by atoms with Gasteiger partial charge in [0, 0.05) is 5.69 Å². The molecular weight excluding hydrogens is 262 g/mol. The number of benzene rings is 2. The molecule has 0 heterocycles. The normalized spacial score (nSPS) is 11.0. The third-order valence-corrected chi connectivity index (χ3v) is 3.01. The van der Waals surface area contributed by atoms with Gasteiger partial charge in [0.15, 0.2) is 5.78 Å². The van der Waals surface area contributed by atoms with Gasteiger partial charge in [-0.05, 0) is 43.2 Å². The van der Waals surface area contributed by atoms with E-state index in [1.165, 1.54) is 6.92 Å². The third-order valence-electron chi connectivity index (χ3n) is 3.01. The first-order valence-electron chi connectivity index (χ1n) is 6.72. The van der Waals surface area contributed by atoms with Crippen molar-refractivity contribution in [3.8, 4) is 0 Å². The van der Waals surface area contributed by atoms with E-state index in [9.17, 15) is 9.59 Å². The molecule has 0 aliphatic carbocycles. The quantitative estimate of drug-likeness (QED) is 0.528. The second-order valence-electron chi connectivity index (χ2n) is 4.85. The van der Waals surface area contributed by atoms with Gasteiger partial charge >= 0.3 is 0 Å². The highest BCUT2D eigenvalue weighted by molar-refractivity contribution is 6.25. The lowest BCUT2D eigenvalue weighted by atomic mass is 10.1. The lowest BCUT2D eigenvalue weighted by Crippen LogP contribution is -2.18. The van der Waals surface area contributed by atoms with Gasteiger partial charge in [-0.15, -0.1) is 0 Å². The smallest absolute Gasteiger partial charge is 0.259 e. The fourth-order valence-corrected chi connectivity index (χ4v) is 1.96. The molecule has 3 heteroatoms. The van der Waals surface area contributed by atoms with Gasteiger partial charge in [0.25, 0.3) is 5.91 Å². The van der Waals surface area contributed by atoms with E-state index >= 15 is 0 Å². The summed E-state index contributed by atoms with van der Waals surface area (Å²) >= 11 is 0. The summed E-state index contributed by atoms with van der Waals surface area (Å²) in [6.45, 7) is 3.34. The molecule has 0 aliphatic rings. The van der Waals surface area contributed by atoms with Crippen molar-refractivity contribution in [2.24, 2.45) is 0 Å². The van der Waals surface area contributed by atoms with Gasteiger partial charge < -0.3 is 5.32 Å². The van der Waals surface area contributed by atoms with Crippen LogP contribution in [0.15, 0.2) is 60.2 Å². The lowest BCUT2D eigenvalue weighted by molar-refractivity contribution is -0.118. The number of Topliss-reactive ketones (excluding diaryl/α,β-unsaturated/α-hetero) is 1. The molecular formula is C18H17NO2. The lowest BCUT2D eigenvalue weighted by Gasteiger charge is -2.07. The zero-order valence-corrected chi connectivity index (χ0v) is 12.1. The van der Waals surface area contributed by atoms with E-state index in [2.05, 4.69) is 5.32 Å². The van der Waals surface area contributed by atoms with Crippen LogP contribution in [0.5, 0.6) is 0 Å². The molecule has 0 spiro atoms. The Kier molecular flexibility index (Phi) is 4.67. The molecule has 0 bridgehead atoms. The molecule has 0 radical (unpaired) electrons. The van der Waals surface area contributed by atoms with Gasteiger partial charge in [-0.2, -0.15) is 0 Å². The number of amides is 1. The molecule has 2 aromatic carbocycles. The minimum atomic E-state index is -0.392. The number of carbonyl (C=O) groups excluding carboxylic acids is 2. The maximum absolute atomic E-state index is 12.3. The molecule has 2 aromatic rings. The summed E-state index contributed by atoms with van der Waals surface area (Å²) in [4.78, 5) is 24.0. The molecule has 0 fully saturated rings. The van der Waals surface area contributed by atoms with Gasteiger partial charge in [-0.1, -0.05) is 42.5 Å². The zero-order valence-electron chi connectivity index (χ0n) is 12.1. The van der Waals surface area contributed by atoms with Crippen LogP contribution >= 0.6 is 0 Å². The minimum absolute atomic E-state index is 0.141. The predicted octanol–water partition coefficient (Wildman–Crippen LogP) is 3.61. The van der Waals surface area contributed by atoms with E-state index in [4.69, 9.17) is 0 Å². The van der Waals surface area contributed by atoms with Gasteiger partial charge in [0.05, 0.1) is 5.57 Å². The number of rotatable bonds is 4. The fraction of sp³-hybridized carbons (Fsp3) is 0.111. The zero-order chi connectivity index (χ0) is 15.2. The van der Waals surface area contributed by atoms with E-state index in [0.29, 0.717) is 5.69 Å². The molecule has 2 rings (SSSR count). The summed E-state index contributed by atoms with van der Waals surface area (Å²) in [7, 11) is 0. The van der Waals surface area contributed by atoms with Crippen molar-refractivity contribution in [2.45, 2.75) is 13.8 Å². The summed E-state index contributed by atoms with van der Waals surface area (Å²) in [5, 5.41) is 2.76.